The number of anilines is 1. The van der Waals surface area contributed by atoms with Crippen LogP contribution in [0, 0.1) is 0 Å². The van der Waals surface area contributed by atoms with E-state index in [0.29, 0.717) is 27.0 Å². The quantitative estimate of drug-likeness (QED) is 0.351. The minimum Gasteiger partial charge on any atom is -0.457 e. The molecule has 0 aliphatic carbocycles. The Morgan fingerprint density at radius 3 is 2.55 bits per heavy atom. The number of hydrogen-bond acceptors (Lipinski definition) is 5. The average molecular weight is 447 g/mol. The van der Waals surface area contributed by atoms with E-state index >= 15 is 0 Å². The van der Waals surface area contributed by atoms with Gasteiger partial charge in [0.25, 0.3) is 11.9 Å². The fourth-order valence-corrected chi connectivity index (χ4v) is 4.01. The highest BCUT2D eigenvalue weighted by molar-refractivity contribution is 7.15. The third-order valence-corrected chi connectivity index (χ3v) is 5.59. The number of aromatic nitrogens is 3. The van der Waals surface area contributed by atoms with Crippen LogP contribution in [0.1, 0.15) is 10.4 Å². The molecule has 3 aromatic carbocycles. The van der Waals surface area contributed by atoms with Crippen LogP contribution in [-0.4, -0.2) is 20.5 Å². The fraction of sp³-hybridized carbons (Fsp3) is 0. The molecule has 0 fully saturated rings. The molecule has 0 atom stereocenters. The maximum absolute atomic E-state index is 12.7. The maximum atomic E-state index is 12.7. The van der Waals surface area contributed by atoms with Gasteiger partial charge in [-0.2, -0.15) is 4.98 Å². The van der Waals surface area contributed by atoms with E-state index in [1.54, 1.807) is 28.8 Å². The van der Waals surface area contributed by atoms with Gasteiger partial charge in [-0.1, -0.05) is 48.0 Å². The van der Waals surface area contributed by atoms with E-state index in [0.717, 1.165) is 11.3 Å². The molecule has 5 rings (SSSR count). The molecule has 0 saturated heterocycles. The van der Waals surface area contributed by atoms with Gasteiger partial charge in [-0.15, -0.1) is 16.4 Å². The summed E-state index contributed by atoms with van der Waals surface area (Å²) in [6.45, 7) is 0. The predicted molar refractivity (Wildman–Crippen MR) is 122 cm³/mol. The first-order valence-corrected chi connectivity index (χ1v) is 10.7. The van der Waals surface area contributed by atoms with Crippen LogP contribution < -0.4 is 10.1 Å². The summed E-state index contributed by atoms with van der Waals surface area (Å²) < 4.78 is 7.51. The third-order valence-electron chi connectivity index (χ3n) is 4.52. The lowest BCUT2D eigenvalue weighted by Gasteiger charge is -2.07. The van der Waals surface area contributed by atoms with E-state index in [2.05, 4.69) is 15.4 Å². The third kappa shape index (κ3) is 4.14. The summed E-state index contributed by atoms with van der Waals surface area (Å²) >= 11 is 7.42. The van der Waals surface area contributed by atoms with Crippen LogP contribution in [-0.2, 0) is 0 Å². The molecule has 0 radical (unpaired) electrons. The van der Waals surface area contributed by atoms with E-state index in [4.69, 9.17) is 16.3 Å². The van der Waals surface area contributed by atoms with E-state index in [-0.39, 0.29) is 11.9 Å². The Balaban J connectivity index is 1.36. The molecule has 2 heterocycles. The number of hydrogen-bond donors (Lipinski definition) is 1. The highest BCUT2D eigenvalue weighted by Crippen LogP contribution is 2.27. The Labute approximate surface area is 186 Å². The number of thiazole rings is 1. The van der Waals surface area contributed by atoms with Crippen LogP contribution in [0.15, 0.2) is 84.2 Å². The van der Waals surface area contributed by atoms with Crippen LogP contribution >= 0.6 is 22.9 Å². The van der Waals surface area contributed by atoms with Crippen molar-refractivity contribution in [3.05, 3.63) is 94.8 Å². The summed E-state index contributed by atoms with van der Waals surface area (Å²) in [5.41, 5.74) is 2.29. The molecule has 0 aliphatic rings. The van der Waals surface area contributed by atoms with Gasteiger partial charge in [0.1, 0.15) is 11.5 Å². The van der Waals surface area contributed by atoms with Gasteiger partial charge in [0.05, 0.1) is 5.69 Å². The van der Waals surface area contributed by atoms with Gasteiger partial charge in [-0.3, -0.25) is 10.1 Å². The first-order chi connectivity index (χ1) is 15.2. The average Bonchev–Trinajstić information content (AvgIpc) is 3.36. The molecular formula is C23H15ClN4O2S. The molecule has 0 aliphatic heterocycles. The SMILES string of the molecule is O=C(Nc1nc2scc(-c3ccc(Cl)cc3)n2n1)c1cccc(Oc2ccccc2)c1. The Kier molecular flexibility index (Phi) is 5.11. The topological polar surface area (TPSA) is 68.5 Å². The van der Waals surface area contributed by atoms with Gasteiger partial charge in [0, 0.05) is 21.5 Å². The summed E-state index contributed by atoms with van der Waals surface area (Å²) in [7, 11) is 0. The second-order valence-electron chi connectivity index (χ2n) is 6.65. The minimum atomic E-state index is -0.315. The highest BCUT2D eigenvalue weighted by atomic mass is 35.5. The summed E-state index contributed by atoms with van der Waals surface area (Å²) in [6, 6.07) is 23.8. The van der Waals surface area contributed by atoms with Crippen LogP contribution in [0.4, 0.5) is 5.95 Å². The Bertz CT molecular complexity index is 1360. The number of benzene rings is 3. The maximum Gasteiger partial charge on any atom is 0.258 e. The zero-order chi connectivity index (χ0) is 21.2. The lowest BCUT2D eigenvalue weighted by Crippen LogP contribution is -2.13. The molecule has 0 saturated carbocycles. The van der Waals surface area contributed by atoms with Crippen molar-refractivity contribution in [2.75, 3.05) is 5.32 Å². The normalized spacial score (nSPS) is 10.9. The van der Waals surface area contributed by atoms with Gasteiger partial charge < -0.3 is 4.74 Å². The number of carbonyl (C=O) groups is 1. The fourth-order valence-electron chi connectivity index (χ4n) is 3.05. The number of ether oxygens (including phenoxy) is 1. The zero-order valence-electron chi connectivity index (χ0n) is 16.0. The molecule has 0 spiro atoms. The van der Waals surface area contributed by atoms with Crippen molar-refractivity contribution in [2.45, 2.75) is 0 Å². The molecule has 0 bridgehead atoms. The smallest absolute Gasteiger partial charge is 0.258 e. The molecule has 5 aromatic rings. The van der Waals surface area contributed by atoms with E-state index in [1.165, 1.54) is 11.3 Å². The van der Waals surface area contributed by atoms with Crippen LogP contribution in [0.5, 0.6) is 11.5 Å². The van der Waals surface area contributed by atoms with Crippen molar-refractivity contribution in [1.29, 1.82) is 0 Å². The van der Waals surface area contributed by atoms with Crippen LogP contribution in [0.3, 0.4) is 0 Å². The summed E-state index contributed by atoms with van der Waals surface area (Å²) in [5.74, 6) is 1.19. The second kappa shape index (κ2) is 8.22. The molecule has 2 aromatic heterocycles. The monoisotopic (exact) mass is 446 g/mol. The standard InChI is InChI=1S/C23H15ClN4O2S/c24-17-11-9-15(10-12-17)20-14-31-23-26-22(27-28(20)23)25-21(29)16-5-4-8-19(13-16)30-18-6-2-1-3-7-18/h1-14H,(H,25,27,29). The Hall–Kier alpha value is -3.68. The van der Waals surface area contributed by atoms with Gasteiger partial charge in [-0.25, -0.2) is 4.52 Å². The number of nitrogens with zero attached hydrogens (tertiary/aromatic N) is 3. The first kappa shape index (κ1) is 19.3. The number of para-hydroxylation sites is 1. The molecule has 6 nitrogen and oxygen atoms in total. The number of nitrogens with one attached hydrogen (secondary N) is 1. The molecule has 31 heavy (non-hydrogen) atoms. The number of rotatable bonds is 5. The number of halogens is 1. The first-order valence-electron chi connectivity index (χ1n) is 9.40. The van der Waals surface area contributed by atoms with Gasteiger partial charge >= 0.3 is 0 Å². The minimum absolute atomic E-state index is 0.237. The summed E-state index contributed by atoms with van der Waals surface area (Å²) in [5, 5.41) is 9.84. The number of fused-ring (bicyclic) bond motifs is 1. The molecule has 0 unspecified atom stereocenters. The molecule has 1 amide bonds. The molecule has 8 heteroatoms. The van der Waals surface area contributed by atoms with Gasteiger partial charge in [0.15, 0.2) is 0 Å². The van der Waals surface area contributed by atoms with Crippen molar-refractivity contribution >= 4 is 39.8 Å². The van der Waals surface area contributed by atoms with E-state index < -0.39 is 0 Å². The highest BCUT2D eigenvalue weighted by Gasteiger charge is 2.15. The van der Waals surface area contributed by atoms with Crippen molar-refractivity contribution in [3.8, 4) is 22.8 Å². The van der Waals surface area contributed by atoms with Crippen molar-refractivity contribution < 1.29 is 9.53 Å². The lowest BCUT2D eigenvalue weighted by atomic mass is 10.2. The van der Waals surface area contributed by atoms with Crippen molar-refractivity contribution in [2.24, 2.45) is 0 Å². The Morgan fingerprint density at radius 2 is 1.74 bits per heavy atom. The van der Waals surface area contributed by atoms with Gasteiger partial charge in [0.2, 0.25) is 4.96 Å². The number of amides is 1. The van der Waals surface area contributed by atoms with Gasteiger partial charge in [-0.05, 0) is 42.5 Å². The summed E-state index contributed by atoms with van der Waals surface area (Å²) in [4.78, 5) is 17.8. The zero-order valence-corrected chi connectivity index (χ0v) is 17.6. The lowest BCUT2D eigenvalue weighted by molar-refractivity contribution is 0.102. The van der Waals surface area contributed by atoms with E-state index in [9.17, 15) is 4.79 Å². The largest absolute Gasteiger partial charge is 0.457 e. The second-order valence-corrected chi connectivity index (χ2v) is 7.93. The summed E-state index contributed by atoms with van der Waals surface area (Å²) in [6.07, 6.45) is 0. The van der Waals surface area contributed by atoms with Crippen LogP contribution in [0.25, 0.3) is 16.2 Å². The van der Waals surface area contributed by atoms with Crippen molar-refractivity contribution in [1.82, 2.24) is 14.6 Å². The van der Waals surface area contributed by atoms with E-state index in [1.807, 2.05) is 60.0 Å². The number of carbonyl (C=O) groups excluding carboxylic acids is 1. The van der Waals surface area contributed by atoms with Crippen LogP contribution in [0.2, 0.25) is 5.02 Å². The van der Waals surface area contributed by atoms with Crippen molar-refractivity contribution in [3.63, 3.8) is 0 Å². The Morgan fingerprint density at radius 1 is 0.968 bits per heavy atom. The predicted octanol–water partition coefficient (Wildman–Crippen LogP) is 6.16. The molecule has 152 valence electrons. The molecular weight excluding hydrogens is 432 g/mol. The molecule has 1 N–H and O–H groups in total.